The van der Waals surface area contributed by atoms with Crippen molar-refractivity contribution in [3.63, 3.8) is 0 Å². The molecule has 0 aliphatic carbocycles. The molecule has 0 saturated carbocycles. The number of carboxylic acids is 1. The number of hydrogen-bond donors (Lipinski definition) is 2. The number of thioether (sulfide) groups is 1. The SMILES string of the molecule is CCCCCCCCOc1ccc(/C=C2/SC(=S)N([C@H](CC(N)=O)C(=O)O)C2=O)cc1. The first-order valence-corrected chi connectivity index (χ1v) is 11.6. The van der Waals surface area contributed by atoms with Gasteiger partial charge in [0, 0.05) is 0 Å². The predicted octanol–water partition coefficient (Wildman–Crippen LogP) is 3.96. The summed E-state index contributed by atoms with van der Waals surface area (Å²) < 4.78 is 5.84. The molecule has 31 heavy (non-hydrogen) atoms. The number of nitrogens with two attached hydrogens (primary N) is 1. The van der Waals surface area contributed by atoms with Crippen molar-refractivity contribution in [2.24, 2.45) is 5.73 Å². The smallest absolute Gasteiger partial charge is 0.327 e. The molecule has 168 valence electrons. The van der Waals surface area contributed by atoms with Crippen molar-refractivity contribution in [2.75, 3.05) is 6.61 Å². The van der Waals surface area contributed by atoms with E-state index >= 15 is 0 Å². The van der Waals surface area contributed by atoms with Gasteiger partial charge in [0.25, 0.3) is 5.91 Å². The van der Waals surface area contributed by atoms with Gasteiger partial charge in [-0.3, -0.25) is 14.5 Å². The zero-order chi connectivity index (χ0) is 22.8. The normalized spacial score (nSPS) is 16.0. The Morgan fingerprint density at radius 3 is 2.45 bits per heavy atom. The maximum absolute atomic E-state index is 12.7. The van der Waals surface area contributed by atoms with Crippen LogP contribution in [0.4, 0.5) is 0 Å². The third kappa shape index (κ3) is 7.66. The van der Waals surface area contributed by atoms with Crippen molar-refractivity contribution in [3.8, 4) is 5.75 Å². The minimum atomic E-state index is -1.41. The topological polar surface area (TPSA) is 110 Å². The molecule has 3 N–H and O–H groups in total. The van der Waals surface area contributed by atoms with Gasteiger partial charge < -0.3 is 15.6 Å². The van der Waals surface area contributed by atoms with Gasteiger partial charge in [0.2, 0.25) is 5.91 Å². The van der Waals surface area contributed by atoms with E-state index in [4.69, 9.17) is 22.7 Å². The Kier molecular flexibility index (Phi) is 10.00. The second kappa shape index (κ2) is 12.5. The first-order valence-electron chi connectivity index (χ1n) is 10.3. The van der Waals surface area contributed by atoms with E-state index in [0.29, 0.717) is 11.5 Å². The van der Waals surface area contributed by atoms with Gasteiger partial charge in [-0.15, -0.1) is 0 Å². The number of aliphatic carboxylic acids is 1. The lowest BCUT2D eigenvalue weighted by Gasteiger charge is -2.21. The van der Waals surface area contributed by atoms with Gasteiger partial charge in [-0.25, -0.2) is 4.79 Å². The fourth-order valence-electron chi connectivity index (χ4n) is 3.11. The van der Waals surface area contributed by atoms with Crippen LogP contribution in [0.25, 0.3) is 6.08 Å². The summed E-state index contributed by atoms with van der Waals surface area (Å²) in [5.74, 6) is -1.94. The molecule has 1 aromatic carbocycles. The highest BCUT2D eigenvalue weighted by Gasteiger charge is 2.41. The summed E-state index contributed by atoms with van der Waals surface area (Å²) >= 11 is 6.16. The van der Waals surface area contributed by atoms with Gasteiger partial charge in [0.15, 0.2) is 0 Å². The summed E-state index contributed by atoms with van der Waals surface area (Å²) in [6.45, 7) is 2.87. The van der Waals surface area contributed by atoms with Crippen molar-refractivity contribution in [1.82, 2.24) is 4.90 Å². The average molecular weight is 465 g/mol. The second-order valence-electron chi connectivity index (χ2n) is 7.26. The van der Waals surface area contributed by atoms with E-state index in [-0.39, 0.29) is 4.32 Å². The number of carbonyl (C=O) groups is 3. The van der Waals surface area contributed by atoms with Gasteiger partial charge >= 0.3 is 5.97 Å². The Bertz CT molecular complexity index is 839. The number of hydrogen-bond acceptors (Lipinski definition) is 6. The summed E-state index contributed by atoms with van der Waals surface area (Å²) in [7, 11) is 0. The molecule has 0 radical (unpaired) electrons. The van der Waals surface area contributed by atoms with Gasteiger partial charge in [-0.05, 0) is 30.2 Å². The second-order valence-corrected chi connectivity index (χ2v) is 8.94. The molecule has 1 heterocycles. The highest BCUT2D eigenvalue weighted by molar-refractivity contribution is 8.26. The van der Waals surface area contributed by atoms with E-state index < -0.39 is 30.2 Å². The van der Waals surface area contributed by atoms with Crippen LogP contribution in [-0.4, -0.2) is 44.8 Å². The number of amides is 2. The predicted molar refractivity (Wildman–Crippen MR) is 126 cm³/mol. The molecule has 1 aliphatic rings. The fraction of sp³-hybridized carbons (Fsp3) is 0.455. The molecule has 2 rings (SSSR count). The first-order chi connectivity index (χ1) is 14.8. The molecule has 2 amide bonds. The van der Waals surface area contributed by atoms with Crippen LogP contribution < -0.4 is 10.5 Å². The molecule has 1 fully saturated rings. The van der Waals surface area contributed by atoms with Crippen LogP contribution in [0.1, 0.15) is 57.4 Å². The van der Waals surface area contributed by atoms with Crippen LogP contribution in [-0.2, 0) is 14.4 Å². The number of rotatable bonds is 13. The Balaban J connectivity index is 1.94. The van der Waals surface area contributed by atoms with E-state index in [9.17, 15) is 19.5 Å². The van der Waals surface area contributed by atoms with E-state index in [0.717, 1.165) is 40.8 Å². The first kappa shape index (κ1) is 24.9. The molecular weight excluding hydrogens is 436 g/mol. The zero-order valence-corrected chi connectivity index (χ0v) is 19.2. The molecule has 1 aromatic rings. The molecule has 0 aromatic heterocycles. The maximum atomic E-state index is 12.7. The minimum Gasteiger partial charge on any atom is -0.494 e. The Morgan fingerprint density at radius 2 is 1.84 bits per heavy atom. The molecule has 1 saturated heterocycles. The van der Waals surface area contributed by atoms with Crippen LogP contribution in [0.3, 0.4) is 0 Å². The Labute approximate surface area is 192 Å². The van der Waals surface area contributed by atoms with Crippen LogP contribution in [0.5, 0.6) is 5.75 Å². The molecule has 9 heteroatoms. The number of unbranched alkanes of at least 4 members (excludes halogenated alkanes) is 5. The number of carbonyl (C=O) groups excluding carboxylic acids is 2. The highest BCUT2D eigenvalue weighted by Crippen LogP contribution is 2.34. The minimum absolute atomic E-state index is 0.0868. The van der Waals surface area contributed by atoms with Gasteiger partial charge in [-0.1, -0.05) is 75.1 Å². The lowest BCUT2D eigenvalue weighted by Crippen LogP contribution is -2.46. The fourth-order valence-corrected chi connectivity index (χ4v) is 4.47. The largest absolute Gasteiger partial charge is 0.494 e. The van der Waals surface area contributed by atoms with Gasteiger partial charge in [0.1, 0.15) is 16.1 Å². The van der Waals surface area contributed by atoms with Crippen LogP contribution in [0, 0.1) is 0 Å². The third-order valence-corrected chi connectivity index (χ3v) is 6.09. The molecule has 0 spiro atoms. The van der Waals surface area contributed by atoms with Crippen LogP contribution in [0.15, 0.2) is 29.2 Å². The Hall–Kier alpha value is -2.39. The quantitative estimate of drug-likeness (QED) is 0.258. The summed E-state index contributed by atoms with van der Waals surface area (Å²) in [6, 6.07) is 5.89. The summed E-state index contributed by atoms with van der Waals surface area (Å²) in [5, 5.41) is 9.36. The highest BCUT2D eigenvalue weighted by atomic mass is 32.2. The van der Waals surface area contributed by atoms with E-state index in [1.165, 1.54) is 25.7 Å². The number of ether oxygens (including phenoxy) is 1. The van der Waals surface area contributed by atoms with Gasteiger partial charge in [0.05, 0.1) is 17.9 Å². The molecule has 0 unspecified atom stereocenters. The number of thiocarbonyl (C=S) groups is 1. The van der Waals surface area contributed by atoms with Gasteiger partial charge in [-0.2, -0.15) is 0 Å². The number of primary amides is 1. The summed E-state index contributed by atoms with van der Waals surface area (Å²) in [4.78, 5) is 36.6. The van der Waals surface area contributed by atoms with Crippen LogP contribution >= 0.6 is 24.0 Å². The van der Waals surface area contributed by atoms with Crippen molar-refractivity contribution < 1.29 is 24.2 Å². The molecule has 1 atom stereocenters. The van der Waals surface area contributed by atoms with Crippen molar-refractivity contribution in [1.29, 1.82) is 0 Å². The average Bonchev–Trinajstić information content (AvgIpc) is 2.99. The number of carboxylic acid groups (broad SMARTS) is 1. The number of nitrogens with zero attached hydrogens (tertiary/aromatic N) is 1. The lowest BCUT2D eigenvalue weighted by atomic mass is 10.1. The molecule has 7 nitrogen and oxygen atoms in total. The molecule has 1 aliphatic heterocycles. The third-order valence-electron chi connectivity index (χ3n) is 4.76. The van der Waals surface area contributed by atoms with Crippen molar-refractivity contribution >= 4 is 52.2 Å². The summed E-state index contributed by atoms with van der Waals surface area (Å²) in [5.41, 5.74) is 5.87. The van der Waals surface area contributed by atoms with E-state index in [1.807, 2.05) is 24.3 Å². The van der Waals surface area contributed by atoms with Crippen LogP contribution in [0.2, 0.25) is 0 Å². The molecule has 0 bridgehead atoms. The van der Waals surface area contributed by atoms with Crippen molar-refractivity contribution in [3.05, 3.63) is 34.7 Å². The standard InChI is InChI=1S/C22H28N2O5S2/c1-2-3-4-5-6-7-12-29-16-10-8-15(9-11-16)13-18-20(26)24(22(30)31-18)17(21(27)28)14-19(23)25/h8-11,13,17H,2-7,12,14H2,1H3,(H2,23,25)(H,27,28)/b18-13+/t17-/m1/s1. The number of benzene rings is 1. The zero-order valence-electron chi connectivity index (χ0n) is 17.5. The monoisotopic (exact) mass is 464 g/mol. The van der Waals surface area contributed by atoms with Crippen molar-refractivity contribution in [2.45, 2.75) is 57.9 Å². The maximum Gasteiger partial charge on any atom is 0.327 e. The lowest BCUT2D eigenvalue weighted by molar-refractivity contribution is -0.146. The Morgan fingerprint density at radius 1 is 1.19 bits per heavy atom. The van der Waals surface area contributed by atoms with E-state index in [2.05, 4.69) is 6.92 Å². The molecular formula is C22H28N2O5S2. The summed E-state index contributed by atoms with van der Waals surface area (Å²) in [6.07, 6.45) is 8.34. The van der Waals surface area contributed by atoms with E-state index in [1.54, 1.807) is 6.08 Å².